The van der Waals surface area contributed by atoms with Crippen LogP contribution in [0, 0.1) is 6.92 Å². The Balaban J connectivity index is 2.17. The van der Waals surface area contributed by atoms with Gasteiger partial charge in [-0.1, -0.05) is 11.3 Å². The number of anilines is 1. The van der Waals surface area contributed by atoms with Crippen molar-refractivity contribution in [3.8, 4) is 0 Å². The fraction of sp³-hybridized carbons (Fsp3) is 0.400. The molecule has 0 aliphatic carbocycles. The van der Waals surface area contributed by atoms with E-state index in [-0.39, 0.29) is 4.87 Å². The Morgan fingerprint density at radius 3 is 3.00 bits per heavy atom. The van der Waals surface area contributed by atoms with Crippen molar-refractivity contribution in [2.75, 3.05) is 11.9 Å². The van der Waals surface area contributed by atoms with Crippen LogP contribution >= 0.6 is 22.7 Å². The molecule has 4 nitrogen and oxygen atoms in total. The summed E-state index contributed by atoms with van der Waals surface area (Å²) in [6, 6.07) is 0. The summed E-state index contributed by atoms with van der Waals surface area (Å²) in [5, 5.41) is 5.96. The van der Waals surface area contributed by atoms with Gasteiger partial charge in [-0.2, -0.15) is 0 Å². The lowest BCUT2D eigenvalue weighted by molar-refractivity contribution is 0.764. The third-order valence-electron chi connectivity index (χ3n) is 2.17. The van der Waals surface area contributed by atoms with E-state index in [1.165, 1.54) is 11.3 Å². The Bertz CT molecular complexity index is 526. The average Bonchev–Trinajstić information content (AvgIpc) is 2.81. The minimum absolute atomic E-state index is 0.0934. The molecule has 86 valence electrons. The Morgan fingerprint density at radius 1 is 1.56 bits per heavy atom. The molecule has 0 atom stereocenters. The first-order chi connectivity index (χ1) is 7.70. The summed E-state index contributed by atoms with van der Waals surface area (Å²) < 4.78 is 1.77. The van der Waals surface area contributed by atoms with E-state index in [0.717, 1.165) is 22.2 Å². The highest BCUT2D eigenvalue weighted by Gasteiger charge is 2.06. The van der Waals surface area contributed by atoms with Crippen molar-refractivity contribution in [3.05, 3.63) is 31.8 Å². The van der Waals surface area contributed by atoms with Crippen LogP contribution in [0.3, 0.4) is 0 Å². The number of aromatic nitrogens is 2. The van der Waals surface area contributed by atoms with E-state index >= 15 is 0 Å². The van der Waals surface area contributed by atoms with Gasteiger partial charge in [-0.05, 0) is 13.8 Å². The Kier molecular flexibility index (Phi) is 3.40. The van der Waals surface area contributed by atoms with Crippen molar-refractivity contribution in [2.45, 2.75) is 20.4 Å². The number of hydrogen-bond donors (Lipinski definition) is 1. The van der Waals surface area contributed by atoms with Gasteiger partial charge in [0.25, 0.3) is 0 Å². The van der Waals surface area contributed by atoms with Crippen molar-refractivity contribution >= 4 is 27.8 Å². The molecule has 0 aromatic carbocycles. The molecule has 0 saturated heterocycles. The van der Waals surface area contributed by atoms with Crippen molar-refractivity contribution < 1.29 is 0 Å². The molecule has 2 heterocycles. The standard InChI is InChI=1S/C10H13N3OS2/c1-3-11-9-12-4-8(16-9)5-13-7(2)6-15-10(13)14/h4,6H,3,5H2,1-2H3,(H,11,12). The van der Waals surface area contributed by atoms with E-state index in [1.807, 2.05) is 25.4 Å². The van der Waals surface area contributed by atoms with Crippen LogP contribution in [0.25, 0.3) is 0 Å². The largest absolute Gasteiger partial charge is 0.362 e. The monoisotopic (exact) mass is 255 g/mol. The van der Waals surface area contributed by atoms with E-state index in [1.54, 1.807) is 15.9 Å². The normalized spacial score (nSPS) is 10.6. The number of nitrogens with zero attached hydrogens (tertiary/aromatic N) is 2. The maximum Gasteiger partial charge on any atom is 0.307 e. The molecule has 16 heavy (non-hydrogen) atoms. The molecule has 1 N–H and O–H groups in total. The van der Waals surface area contributed by atoms with Crippen LogP contribution in [0.1, 0.15) is 17.5 Å². The summed E-state index contributed by atoms with van der Waals surface area (Å²) in [6.07, 6.45) is 1.83. The van der Waals surface area contributed by atoms with Gasteiger partial charge in [0.05, 0.1) is 6.54 Å². The Labute approximate surface area is 102 Å². The summed E-state index contributed by atoms with van der Waals surface area (Å²) in [7, 11) is 0. The van der Waals surface area contributed by atoms with Gasteiger partial charge < -0.3 is 5.32 Å². The number of rotatable bonds is 4. The Hall–Kier alpha value is -1.14. The number of thiazole rings is 2. The molecule has 0 bridgehead atoms. The summed E-state index contributed by atoms with van der Waals surface area (Å²) in [6.45, 7) is 5.47. The first-order valence-corrected chi connectivity index (χ1v) is 6.74. The lowest BCUT2D eigenvalue weighted by atomic mass is 10.5. The van der Waals surface area contributed by atoms with Crippen molar-refractivity contribution in [1.82, 2.24) is 9.55 Å². The molecule has 6 heteroatoms. The molecule has 2 rings (SSSR count). The van der Waals surface area contributed by atoms with E-state index in [2.05, 4.69) is 10.3 Å². The lowest BCUT2D eigenvalue weighted by Crippen LogP contribution is -2.14. The summed E-state index contributed by atoms with van der Waals surface area (Å²) in [5.74, 6) is 0. The quantitative estimate of drug-likeness (QED) is 0.910. The third-order valence-corrected chi connectivity index (χ3v) is 3.99. The van der Waals surface area contributed by atoms with Crippen LogP contribution in [0.2, 0.25) is 0 Å². The van der Waals surface area contributed by atoms with Gasteiger partial charge >= 0.3 is 4.87 Å². The number of aryl methyl sites for hydroxylation is 1. The zero-order valence-electron chi connectivity index (χ0n) is 9.19. The van der Waals surface area contributed by atoms with E-state index in [9.17, 15) is 4.79 Å². The van der Waals surface area contributed by atoms with E-state index in [0.29, 0.717) is 6.54 Å². The first-order valence-electron chi connectivity index (χ1n) is 5.04. The maximum atomic E-state index is 11.5. The molecular weight excluding hydrogens is 242 g/mol. The van der Waals surface area contributed by atoms with Crippen LogP contribution in [0.15, 0.2) is 16.4 Å². The molecule has 2 aromatic rings. The molecule has 0 saturated carbocycles. The van der Waals surface area contributed by atoms with Gasteiger partial charge in [-0.15, -0.1) is 11.3 Å². The van der Waals surface area contributed by atoms with Crippen LogP contribution in [-0.4, -0.2) is 16.1 Å². The molecule has 0 unspecified atom stereocenters. The van der Waals surface area contributed by atoms with Gasteiger partial charge in [0.15, 0.2) is 5.13 Å². The van der Waals surface area contributed by atoms with Gasteiger partial charge in [0, 0.05) is 28.7 Å². The summed E-state index contributed by atoms with van der Waals surface area (Å²) in [4.78, 5) is 17.0. The molecule has 0 spiro atoms. The topological polar surface area (TPSA) is 46.9 Å². The smallest absolute Gasteiger partial charge is 0.307 e. The SMILES string of the molecule is CCNc1ncc(Cn2c(C)csc2=O)s1. The predicted molar refractivity (Wildman–Crippen MR) is 68.7 cm³/mol. The third kappa shape index (κ3) is 2.33. The molecular formula is C10H13N3OS2. The van der Waals surface area contributed by atoms with Crippen molar-refractivity contribution in [1.29, 1.82) is 0 Å². The molecule has 0 aliphatic heterocycles. The molecule has 0 fully saturated rings. The van der Waals surface area contributed by atoms with Crippen LogP contribution in [-0.2, 0) is 6.54 Å². The first kappa shape index (κ1) is 11.3. The molecule has 0 amide bonds. The summed E-state index contributed by atoms with van der Waals surface area (Å²) >= 11 is 2.84. The number of nitrogens with one attached hydrogen (secondary N) is 1. The Morgan fingerprint density at radius 2 is 2.38 bits per heavy atom. The van der Waals surface area contributed by atoms with Crippen LogP contribution in [0.4, 0.5) is 5.13 Å². The van der Waals surface area contributed by atoms with Gasteiger partial charge in [-0.25, -0.2) is 4.98 Å². The predicted octanol–water partition coefficient (Wildman–Crippen LogP) is 2.15. The van der Waals surface area contributed by atoms with Crippen molar-refractivity contribution in [2.24, 2.45) is 0 Å². The minimum atomic E-state index is 0.0934. The van der Waals surface area contributed by atoms with Gasteiger partial charge in [-0.3, -0.25) is 9.36 Å². The zero-order valence-corrected chi connectivity index (χ0v) is 10.8. The van der Waals surface area contributed by atoms with E-state index in [4.69, 9.17) is 0 Å². The van der Waals surface area contributed by atoms with Crippen LogP contribution in [0.5, 0.6) is 0 Å². The second kappa shape index (κ2) is 4.80. The lowest BCUT2D eigenvalue weighted by Gasteiger charge is -2.00. The second-order valence-corrected chi connectivity index (χ2v) is 5.33. The average molecular weight is 255 g/mol. The van der Waals surface area contributed by atoms with Crippen molar-refractivity contribution in [3.63, 3.8) is 0 Å². The second-order valence-electron chi connectivity index (χ2n) is 3.39. The zero-order chi connectivity index (χ0) is 11.5. The molecule has 2 aromatic heterocycles. The highest BCUT2D eigenvalue weighted by atomic mass is 32.1. The van der Waals surface area contributed by atoms with Gasteiger partial charge in [0.2, 0.25) is 0 Å². The van der Waals surface area contributed by atoms with E-state index < -0.39 is 0 Å². The van der Waals surface area contributed by atoms with Crippen LogP contribution < -0.4 is 10.2 Å². The highest BCUT2D eigenvalue weighted by Crippen LogP contribution is 2.19. The molecule has 0 radical (unpaired) electrons. The number of hydrogen-bond acceptors (Lipinski definition) is 5. The minimum Gasteiger partial charge on any atom is -0.362 e. The maximum absolute atomic E-state index is 11.5. The fourth-order valence-corrected chi connectivity index (χ4v) is 2.97. The highest BCUT2D eigenvalue weighted by molar-refractivity contribution is 7.15. The molecule has 0 aliphatic rings. The summed E-state index contributed by atoms with van der Waals surface area (Å²) in [5.41, 5.74) is 1.01. The fourth-order valence-electron chi connectivity index (χ4n) is 1.37. The van der Waals surface area contributed by atoms with Gasteiger partial charge in [0.1, 0.15) is 0 Å².